The van der Waals surface area contributed by atoms with Crippen molar-refractivity contribution in [2.75, 3.05) is 17.7 Å². The van der Waals surface area contributed by atoms with Crippen LogP contribution in [0.2, 0.25) is 0 Å². The maximum Gasteiger partial charge on any atom is 0.340 e. The van der Waals surface area contributed by atoms with Crippen molar-refractivity contribution in [2.45, 2.75) is 13.0 Å². The monoisotopic (exact) mass is 540 g/mol. The Bertz CT molecular complexity index is 1250. The highest BCUT2D eigenvalue weighted by Gasteiger charge is 2.18. The molecule has 0 radical (unpaired) electrons. The summed E-state index contributed by atoms with van der Waals surface area (Å²) in [5, 5.41) is 11.7. The van der Waals surface area contributed by atoms with Crippen molar-refractivity contribution in [3.05, 3.63) is 99.1 Å². The van der Waals surface area contributed by atoms with Gasteiger partial charge in [0.25, 0.3) is 0 Å². The van der Waals surface area contributed by atoms with Crippen molar-refractivity contribution >= 4 is 61.3 Å². The van der Waals surface area contributed by atoms with Crippen LogP contribution in [0.3, 0.4) is 0 Å². The molecule has 0 aliphatic carbocycles. The van der Waals surface area contributed by atoms with Gasteiger partial charge in [0, 0.05) is 22.0 Å². The lowest BCUT2D eigenvalue weighted by molar-refractivity contribution is 0.0602. The Morgan fingerprint density at radius 3 is 2.61 bits per heavy atom. The molecule has 4 aromatic rings. The highest BCUT2D eigenvalue weighted by Crippen LogP contribution is 2.30. The first kappa shape index (κ1) is 23.2. The summed E-state index contributed by atoms with van der Waals surface area (Å²) in [5.74, 6) is -0.404. The molecule has 2 aromatic heterocycles. The molecule has 0 spiro atoms. The van der Waals surface area contributed by atoms with E-state index in [1.165, 1.54) is 24.0 Å². The fraction of sp³-hybridized carbons (Fsp3) is 0.125. The average molecular weight is 541 g/mol. The fourth-order valence-electron chi connectivity index (χ4n) is 3.24. The van der Waals surface area contributed by atoms with E-state index < -0.39 is 5.97 Å². The highest BCUT2D eigenvalue weighted by atomic mass is 79.9. The second kappa shape index (κ2) is 10.7. The van der Waals surface area contributed by atoms with Crippen LogP contribution in [0.15, 0.2) is 77.5 Å². The van der Waals surface area contributed by atoms with Gasteiger partial charge in [-0.3, -0.25) is 4.68 Å². The number of halogens is 1. The van der Waals surface area contributed by atoms with Gasteiger partial charge >= 0.3 is 5.97 Å². The van der Waals surface area contributed by atoms with E-state index in [2.05, 4.69) is 43.8 Å². The number of carbonyl (C=O) groups is 1. The summed E-state index contributed by atoms with van der Waals surface area (Å²) in [6.45, 7) is 0.648. The highest BCUT2D eigenvalue weighted by molar-refractivity contribution is 9.10. The van der Waals surface area contributed by atoms with Gasteiger partial charge in [-0.1, -0.05) is 58.4 Å². The lowest BCUT2D eigenvalue weighted by Gasteiger charge is -2.08. The van der Waals surface area contributed by atoms with E-state index in [1.807, 2.05) is 59.4 Å². The normalized spacial score (nSPS) is 10.6. The minimum atomic E-state index is -0.404. The Kier molecular flexibility index (Phi) is 7.54. The number of nitrogens with one attached hydrogen (secondary N) is 2. The molecule has 0 bridgehead atoms. The molecule has 2 N–H and O–H groups in total. The van der Waals surface area contributed by atoms with Crippen LogP contribution < -0.4 is 10.6 Å². The number of thiocarbonyl (C=S) groups is 1. The van der Waals surface area contributed by atoms with E-state index in [0.29, 0.717) is 22.2 Å². The number of ether oxygens (including phenoxy) is 1. The summed E-state index contributed by atoms with van der Waals surface area (Å²) in [6, 6.07) is 20.0. The maximum absolute atomic E-state index is 12.3. The zero-order valence-corrected chi connectivity index (χ0v) is 21.0. The average Bonchev–Trinajstić information content (AvgIpc) is 3.42. The first-order chi connectivity index (χ1) is 16.0. The first-order valence-corrected chi connectivity index (χ1v) is 12.1. The van der Waals surface area contributed by atoms with Gasteiger partial charge in [0.1, 0.15) is 5.00 Å². The van der Waals surface area contributed by atoms with Crippen molar-refractivity contribution in [3.8, 4) is 0 Å². The molecule has 0 amide bonds. The molecule has 9 heteroatoms. The van der Waals surface area contributed by atoms with E-state index in [0.717, 1.165) is 27.0 Å². The SMILES string of the molecule is COC(=O)c1cc(Cc2ccccc2)sc1NC(=S)Nc1cnn(Cc2ccc(Br)cc2)c1. The second-order valence-electron chi connectivity index (χ2n) is 7.24. The Morgan fingerprint density at radius 1 is 1.12 bits per heavy atom. The van der Waals surface area contributed by atoms with Crippen molar-refractivity contribution in [2.24, 2.45) is 0 Å². The van der Waals surface area contributed by atoms with Gasteiger partial charge in [-0.05, 0) is 41.5 Å². The quantitative estimate of drug-likeness (QED) is 0.223. The number of methoxy groups -OCH3 is 1. The van der Waals surface area contributed by atoms with E-state index in [1.54, 1.807) is 6.20 Å². The Morgan fingerprint density at radius 2 is 1.88 bits per heavy atom. The van der Waals surface area contributed by atoms with Crippen molar-refractivity contribution in [1.29, 1.82) is 0 Å². The molecular formula is C24H21BrN4O2S2. The standard InChI is InChI=1S/C24H21BrN4O2S2/c1-31-23(30)21-12-20(11-16-5-3-2-4-6-16)33-22(21)28-24(32)27-19-13-26-29(15-19)14-17-7-9-18(25)10-8-17/h2-10,12-13,15H,11,14H2,1H3,(H2,27,28,32). The maximum atomic E-state index is 12.3. The molecule has 4 rings (SSSR count). The number of anilines is 2. The van der Waals surface area contributed by atoms with E-state index in [4.69, 9.17) is 17.0 Å². The van der Waals surface area contributed by atoms with Crippen LogP contribution in [0.25, 0.3) is 0 Å². The summed E-state index contributed by atoms with van der Waals surface area (Å²) in [6.07, 6.45) is 4.32. The molecule has 0 aliphatic rings. The van der Waals surface area contributed by atoms with Crippen LogP contribution in [-0.4, -0.2) is 28.0 Å². The topological polar surface area (TPSA) is 68.2 Å². The molecule has 2 aromatic carbocycles. The summed E-state index contributed by atoms with van der Waals surface area (Å²) in [5.41, 5.74) is 3.52. The summed E-state index contributed by atoms with van der Waals surface area (Å²) in [4.78, 5) is 13.3. The minimum absolute atomic E-state index is 0.372. The molecule has 0 saturated carbocycles. The van der Waals surface area contributed by atoms with Gasteiger partial charge in [-0.2, -0.15) is 5.10 Å². The lowest BCUT2D eigenvalue weighted by Crippen LogP contribution is -2.19. The number of esters is 1. The Labute approximate surface area is 209 Å². The third kappa shape index (κ3) is 6.28. The summed E-state index contributed by atoms with van der Waals surface area (Å²) < 4.78 is 7.83. The second-order valence-corrected chi connectivity index (χ2v) is 9.70. The molecule has 168 valence electrons. The van der Waals surface area contributed by atoms with Gasteiger partial charge in [0.2, 0.25) is 0 Å². The molecule has 33 heavy (non-hydrogen) atoms. The number of carbonyl (C=O) groups excluding carboxylic acids is 1. The minimum Gasteiger partial charge on any atom is -0.465 e. The molecule has 0 fully saturated rings. The zero-order valence-electron chi connectivity index (χ0n) is 17.7. The number of benzene rings is 2. The number of hydrogen-bond acceptors (Lipinski definition) is 5. The number of rotatable bonds is 7. The van der Waals surface area contributed by atoms with E-state index in [9.17, 15) is 4.79 Å². The summed E-state index contributed by atoms with van der Waals surface area (Å²) in [7, 11) is 1.37. The molecule has 0 unspecified atom stereocenters. The van der Waals surface area contributed by atoms with E-state index >= 15 is 0 Å². The fourth-order valence-corrected chi connectivity index (χ4v) is 4.87. The number of nitrogens with zero attached hydrogens (tertiary/aromatic N) is 2. The third-order valence-electron chi connectivity index (χ3n) is 4.79. The molecule has 0 saturated heterocycles. The zero-order chi connectivity index (χ0) is 23.2. The predicted octanol–water partition coefficient (Wildman–Crippen LogP) is 5.94. The number of hydrogen-bond donors (Lipinski definition) is 2. The van der Waals surface area contributed by atoms with Gasteiger partial charge in [-0.25, -0.2) is 4.79 Å². The Hall–Kier alpha value is -3.01. The Balaban J connectivity index is 1.42. The first-order valence-electron chi connectivity index (χ1n) is 10.1. The molecule has 6 nitrogen and oxygen atoms in total. The molecule has 0 atom stereocenters. The lowest BCUT2D eigenvalue weighted by atomic mass is 10.1. The van der Waals surface area contributed by atoms with Gasteiger partial charge in [0.15, 0.2) is 5.11 Å². The van der Waals surface area contributed by atoms with Gasteiger partial charge in [0.05, 0.1) is 31.1 Å². The van der Waals surface area contributed by atoms with Crippen molar-refractivity contribution < 1.29 is 9.53 Å². The van der Waals surface area contributed by atoms with Gasteiger partial charge in [-0.15, -0.1) is 11.3 Å². The van der Waals surface area contributed by atoms with Crippen LogP contribution in [0.1, 0.15) is 26.4 Å². The van der Waals surface area contributed by atoms with Crippen LogP contribution >= 0.6 is 39.5 Å². The van der Waals surface area contributed by atoms with Crippen LogP contribution in [0.5, 0.6) is 0 Å². The third-order valence-corrected chi connectivity index (χ3v) is 6.57. The molecule has 0 aliphatic heterocycles. The largest absolute Gasteiger partial charge is 0.465 e. The van der Waals surface area contributed by atoms with E-state index in [-0.39, 0.29) is 0 Å². The smallest absolute Gasteiger partial charge is 0.340 e. The predicted molar refractivity (Wildman–Crippen MR) is 140 cm³/mol. The van der Waals surface area contributed by atoms with Crippen molar-refractivity contribution in [3.63, 3.8) is 0 Å². The number of aromatic nitrogens is 2. The van der Waals surface area contributed by atoms with Crippen LogP contribution in [0.4, 0.5) is 10.7 Å². The van der Waals surface area contributed by atoms with Crippen molar-refractivity contribution in [1.82, 2.24) is 9.78 Å². The molecular weight excluding hydrogens is 520 g/mol. The molecule has 2 heterocycles. The van der Waals surface area contributed by atoms with Crippen LogP contribution in [-0.2, 0) is 17.7 Å². The number of thiophene rings is 1. The van der Waals surface area contributed by atoms with Gasteiger partial charge < -0.3 is 15.4 Å². The van der Waals surface area contributed by atoms with Crippen LogP contribution in [0, 0.1) is 0 Å². The summed E-state index contributed by atoms with van der Waals surface area (Å²) >= 11 is 10.4.